The lowest BCUT2D eigenvalue weighted by molar-refractivity contribution is -0.137. The van der Waals surface area contributed by atoms with Gasteiger partial charge in [-0.05, 0) is 12.8 Å². The van der Waals surface area contributed by atoms with Gasteiger partial charge >= 0.3 is 5.97 Å². The lowest BCUT2D eigenvalue weighted by Crippen LogP contribution is -2.64. The maximum absolute atomic E-state index is 12.0. The van der Waals surface area contributed by atoms with Crippen LogP contribution >= 0.6 is 0 Å². The third-order valence-electron chi connectivity index (χ3n) is 5.00. The van der Waals surface area contributed by atoms with Gasteiger partial charge in [-0.3, -0.25) is 4.79 Å². The Labute approximate surface area is 135 Å². The normalized spacial score (nSPS) is 20.6. The number of aromatic carboxylic acids is 1. The minimum Gasteiger partial charge on any atom is -0.476 e. The monoisotopic (exact) mass is 318 g/mol. The van der Waals surface area contributed by atoms with Gasteiger partial charge in [0.25, 0.3) is 0 Å². The summed E-state index contributed by atoms with van der Waals surface area (Å²) in [4.78, 5) is 35.3. The Morgan fingerprint density at radius 2 is 1.87 bits per heavy atom. The fraction of sp³-hybridized carbons (Fsp3) is 0.625. The van der Waals surface area contributed by atoms with Gasteiger partial charge in [0.15, 0.2) is 5.69 Å². The largest absolute Gasteiger partial charge is 0.476 e. The first kappa shape index (κ1) is 15.7. The van der Waals surface area contributed by atoms with Crippen molar-refractivity contribution in [2.24, 2.45) is 0 Å². The third-order valence-corrected chi connectivity index (χ3v) is 5.00. The minimum absolute atomic E-state index is 0.0523. The molecule has 1 aliphatic heterocycles. The molecular weight excluding hydrogens is 296 g/mol. The maximum Gasteiger partial charge on any atom is 0.356 e. The first-order chi connectivity index (χ1) is 11.0. The molecule has 1 amide bonds. The average molecular weight is 318 g/mol. The molecule has 1 aromatic heterocycles. The molecule has 1 spiro atoms. The summed E-state index contributed by atoms with van der Waals surface area (Å²) in [7, 11) is 0. The van der Waals surface area contributed by atoms with Crippen LogP contribution < -0.4 is 4.90 Å². The van der Waals surface area contributed by atoms with E-state index in [-0.39, 0.29) is 17.1 Å². The molecule has 2 aliphatic rings. The molecule has 1 N–H and O–H groups in total. The molecule has 0 bridgehead atoms. The average Bonchev–Trinajstić information content (AvgIpc) is 2.55. The lowest BCUT2D eigenvalue weighted by Gasteiger charge is -2.52. The van der Waals surface area contributed by atoms with Crippen LogP contribution in [0.4, 0.5) is 5.82 Å². The summed E-state index contributed by atoms with van der Waals surface area (Å²) >= 11 is 0. The zero-order valence-electron chi connectivity index (χ0n) is 13.4. The number of carboxylic acids is 1. The SMILES string of the molecule is CC(=O)N1CCN(c2cnc(C(=O)O)cn2)CC12CCCCC2. The molecule has 23 heavy (non-hydrogen) atoms. The summed E-state index contributed by atoms with van der Waals surface area (Å²) in [6.07, 6.45) is 8.35. The second kappa shape index (κ2) is 6.14. The number of carbonyl (C=O) groups excluding carboxylic acids is 1. The zero-order chi connectivity index (χ0) is 16.4. The van der Waals surface area contributed by atoms with Crippen LogP contribution in [0.1, 0.15) is 49.5 Å². The summed E-state index contributed by atoms with van der Waals surface area (Å²) < 4.78 is 0. The van der Waals surface area contributed by atoms with Crippen molar-refractivity contribution >= 4 is 17.7 Å². The zero-order valence-corrected chi connectivity index (χ0v) is 13.4. The van der Waals surface area contributed by atoms with Crippen molar-refractivity contribution < 1.29 is 14.7 Å². The van der Waals surface area contributed by atoms with E-state index in [4.69, 9.17) is 5.11 Å². The van der Waals surface area contributed by atoms with Crippen LogP contribution in [-0.4, -0.2) is 57.0 Å². The van der Waals surface area contributed by atoms with Gasteiger partial charge in [0.05, 0.1) is 17.9 Å². The summed E-state index contributed by atoms with van der Waals surface area (Å²) in [6.45, 7) is 3.77. The highest BCUT2D eigenvalue weighted by atomic mass is 16.4. The molecule has 1 saturated carbocycles. The van der Waals surface area contributed by atoms with Gasteiger partial charge in [0, 0.05) is 26.6 Å². The number of hydrogen-bond acceptors (Lipinski definition) is 5. The van der Waals surface area contributed by atoms with Gasteiger partial charge in [0.1, 0.15) is 5.82 Å². The first-order valence-electron chi connectivity index (χ1n) is 8.10. The molecule has 7 heteroatoms. The Morgan fingerprint density at radius 1 is 1.13 bits per heavy atom. The number of hydrogen-bond donors (Lipinski definition) is 1. The number of carbonyl (C=O) groups is 2. The van der Waals surface area contributed by atoms with Gasteiger partial charge in [-0.25, -0.2) is 14.8 Å². The quantitative estimate of drug-likeness (QED) is 0.890. The fourth-order valence-corrected chi connectivity index (χ4v) is 3.90. The van der Waals surface area contributed by atoms with Crippen molar-refractivity contribution in [3.63, 3.8) is 0 Å². The van der Waals surface area contributed by atoms with Gasteiger partial charge in [0.2, 0.25) is 5.91 Å². The van der Waals surface area contributed by atoms with Crippen LogP contribution in [0.25, 0.3) is 0 Å². The van der Waals surface area contributed by atoms with Crippen molar-refractivity contribution in [2.75, 3.05) is 24.5 Å². The van der Waals surface area contributed by atoms with Crippen molar-refractivity contribution in [3.05, 3.63) is 18.1 Å². The number of aromatic nitrogens is 2. The second-order valence-corrected chi connectivity index (χ2v) is 6.44. The molecule has 1 aromatic rings. The first-order valence-corrected chi connectivity index (χ1v) is 8.10. The molecule has 1 saturated heterocycles. The van der Waals surface area contributed by atoms with Gasteiger partial charge < -0.3 is 14.9 Å². The number of rotatable bonds is 2. The highest BCUT2D eigenvalue weighted by Gasteiger charge is 2.43. The molecule has 124 valence electrons. The highest BCUT2D eigenvalue weighted by Crippen LogP contribution is 2.37. The Kier molecular flexibility index (Phi) is 4.19. The van der Waals surface area contributed by atoms with Crippen LogP contribution in [0.5, 0.6) is 0 Å². The molecule has 0 atom stereocenters. The van der Waals surface area contributed by atoms with Crippen LogP contribution in [0.2, 0.25) is 0 Å². The molecule has 7 nitrogen and oxygen atoms in total. The van der Waals surface area contributed by atoms with Crippen LogP contribution in [0, 0.1) is 0 Å². The molecule has 0 unspecified atom stereocenters. The van der Waals surface area contributed by atoms with Gasteiger partial charge in [-0.15, -0.1) is 0 Å². The third kappa shape index (κ3) is 3.00. The van der Waals surface area contributed by atoms with E-state index in [0.717, 1.165) is 32.2 Å². The second-order valence-electron chi connectivity index (χ2n) is 6.44. The van der Waals surface area contributed by atoms with E-state index in [9.17, 15) is 9.59 Å². The van der Waals surface area contributed by atoms with E-state index in [1.54, 1.807) is 6.92 Å². The lowest BCUT2D eigenvalue weighted by atomic mass is 9.78. The van der Waals surface area contributed by atoms with Crippen LogP contribution in [0.3, 0.4) is 0 Å². The molecular formula is C16H22N4O3. The number of anilines is 1. The maximum atomic E-state index is 12.0. The van der Waals surface area contributed by atoms with E-state index in [2.05, 4.69) is 14.9 Å². The standard InChI is InChI=1S/C16H22N4O3/c1-12(21)20-8-7-19(11-16(20)5-3-2-4-6-16)14-10-17-13(9-18-14)15(22)23/h9-10H,2-8,11H2,1H3,(H,22,23). The minimum atomic E-state index is -1.07. The highest BCUT2D eigenvalue weighted by molar-refractivity contribution is 5.84. The summed E-state index contributed by atoms with van der Waals surface area (Å²) in [6, 6.07) is 0. The predicted molar refractivity (Wildman–Crippen MR) is 84.4 cm³/mol. The fourth-order valence-electron chi connectivity index (χ4n) is 3.90. The van der Waals surface area contributed by atoms with E-state index in [0.29, 0.717) is 18.9 Å². The van der Waals surface area contributed by atoms with Crippen LogP contribution in [0.15, 0.2) is 12.4 Å². The smallest absolute Gasteiger partial charge is 0.356 e. The summed E-state index contributed by atoms with van der Waals surface area (Å²) in [5.41, 5.74) is -0.168. The van der Waals surface area contributed by atoms with E-state index in [1.165, 1.54) is 18.8 Å². The Morgan fingerprint density at radius 3 is 2.43 bits per heavy atom. The molecule has 0 radical (unpaired) electrons. The molecule has 3 rings (SSSR count). The van der Waals surface area contributed by atoms with E-state index in [1.807, 2.05) is 4.90 Å². The Hall–Kier alpha value is -2.18. The molecule has 2 fully saturated rings. The molecule has 2 heterocycles. The van der Waals surface area contributed by atoms with Crippen molar-refractivity contribution in [3.8, 4) is 0 Å². The summed E-state index contributed by atoms with van der Waals surface area (Å²) in [5, 5.41) is 8.92. The summed E-state index contributed by atoms with van der Waals surface area (Å²) in [5.74, 6) is -0.254. The van der Waals surface area contributed by atoms with Gasteiger partial charge in [-0.1, -0.05) is 19.3 Å². The molecule has 1 aliphatic carbocycles. The van der Waals surface area contributed by atoms with E-state index < -0.39 is 5.97 Å². The Balaban J connectivity index is 1.82. The van der Waals surface area contributed by atoms with E-state index >= 15 is 0 Å². The number of amides is 1. The van der Waals surface area contributed by atoms with Gasteiger partial charge in [-0.2, -0.15) is 0 Å². The van der Waals surface area contributed by atoms with Crippen molar-refractivity contribution in [2.45, 2.75) is 44.6 Å². The molecule has 0 aromatic carbocycles. The predicted octanol–water partition coefficient (Wildman–Crippen LogP) is 1.55. The number of piperazine rings is 1. The van der Waals surface area contributed by atoms with Crippen molar-refractivity contribution in [1.29, 1.82) is 0 Å². The Bertz CT molecular complexity index is 596. The number of carboxylic acid groups (broad SMARTS) is 1. The topological polar surface area (TPSA) is 86.6 Å². The van der Waals surface area contributed by atoms with Crippen molar-refractivity contribution in [1.82, 2.24) is 14.9 Å². The number of nitrogens with zero attached hydrogens (tertiary/aromatic N) is 4. The van der Waals surface area contributed by atoms with Crippen LogP contribution in [-0.2, 0) is 4.79 Å².